The Balaban J connectivity index is 1.33. The van der Waals surface area contributed by atoms with Crippen LogP contribution >= 0.6 is 0 Å². The Morgan fingerprint density at radius 2 is 1.71 bits per heavy atom. The fourth-order valence-electron chi connectivity index (χ4n) is 7.36. The Bertz CT molecular complexity index is 1820. The number of aliphatic hydroxyl groups excluding tert-OH is 1. The summed E-state index contributed by atoms with van der Waals surface area (Å²) in [5, 5.41) is 15.0. The molecule has 4 unspecified atom stereocenters. The Labute approximate surface area is 246 Å². The van der Waals surface area contributed by atoms with Gasteiger partial charge in [0.15, 0.2) is 0 Å². The molecule has 0 spiro atoms. The standard InChI is InChI=1S/C36H37N3O3/c1-21-13-15-28-27(17-21)31-33-32(25-11-7-8-12-26(25)34(31)42-36(28,2)3)39-30-19-23(14-16-29(30)38-33)35(41)37-24(20-40)18-22-9-5-4-6-10-22/h4-12,14,16,19,21,24,27-28,40H,13,15,17-18,20H2,1-3H3,(H,37,41). The normalized spacial score (nSPS) is 21.9. The topological polar surface area (TPSA) is 84.3 Å². The van der Waals surface area contributed by atoms with Crippen molar-refractivity contribution >= 4 is 38.7 Å². The van der Waals surface area contributed by atoms with E-state index in [1.807, 2.05) is 48.5 Å². The number of nitrogens with one attached hydrogen (secondary N) is 1. The average Bonchev–Trinajstić information content (AvgIpc) is 2.99. The van der Waals surface area contributed by atoms with Gasteiger partial charge in [0.25, 0.3) is 5.91 Å². The van der Waals surface area contributed by atoms with Crippen LogP contribution in [0.1, 0.15) is 67.4 Å². The summed E-state index contributed by atoms with van der Waals surface area (Å²) in [6, 6.07) is 23.3. The smallest absolute Gasteiger partial charge is 0.251 e. The zero-order valence-electron chi connectivity index (χ0n) is 24.4. The third-order valence-electron chi connectivity index (χ3n) is 9.47. The molecule has 7 rings (SSSR count). The van der Waals surface area contributed by atoms with Crippen LogP contribution in [-0.2, 0) is 6.42 Å². The first kappa shape index (κ1) is 26.8. The van der Waals surface area contributed by atoms with Crippen LogP contribution in [0, 0.1) is 11.8 Å². The van der Waals surface area contributed by atoms with Crippen molar-refractivity contribution in [3.63, 3.8) is 0 Å². The number of aliphatic hydroxyl groups is 1. The lowest BCUT2D eigenvalue weighted by atomic mass is 9.64. The highest BCUT2D eigenvalue weighted by molar-refractivity contribution is 6.11. The maximum Gasteiger partial charge on any atom is 0.251 e. The molecule has 1 aliphatic heterocycles. The van der Waals surface area contributed by atoms with Gasteiger partial charge in [-0.05, 0) is 68.7 Å². The van der Waals surface area contributed by atoms with Gasteiger partial charge in [-0.1, -0.05) is 67.9 Å². The number of nitrogens with zero attached hydrogens (tertiary/aromatic N) is 2. The molecule has 0 radical (unpaired) electrons. The fraction of sp³-hybridized carbons (Fsp3) is 0.361. The number of amides is 1. The number of benzene rings is 4. The number of hydrogen-bond donors (Lipinski definition) is 2. The van der Waals surface area contributed by atoms with Gasteiger partial charge in [-0.3, -0.25) is 4.79 Å². The summed E-state index contributed by atoms with van der Waals surface area (Å²) >= 11 is 0. The molecule has 0 saturated heterocycles. The molecule has 42 heavy (non-hydrogen) atoms. The Kier molecular flexibility index (Phi) is 6.62. The van der Waals surface area contributed by atoms with Crippen molar-refractivity contribution in [2.24, 2.45) is 11.8 Å². The molecule has 1 amide bonds. The van der Waals surface area contributed by atoms with Gasteiger partial charge in [0.05, 0.1) is 34.7 Å². The van der Waals surface area contributed by atoms with Crippen molar-refractivity contribution in [1.29, 1.82) is 0 Å². The summed E-state index contributed by atoms with van der Waals surface area (Å²) in [5.74, 6) is 2.14. The largest absolute Gasteiger partial charge is 0.487 e. The van der Waals surface area contributed by atoms with Crippen LogP contribution in [0.3, 0.4) is 0 Å². The lowest BCUT2D eigenvalue weighted by molar-refractivity contribution is -0.0115. The van der Waals surface area contributed by atoms with Crippen LogP contribution in [-0.4, -0.2) is 39.2 Å². The van der Waals surface area contributed by atoms with Gasteiger partial charge in [-0.25, -0.2) is 9.97 Å². The van der Waals surface area contributed by atoms with Crippen molar-refractivity contribution in [3.8, 4) is 5.75 Å². The van der Waals surface area contributed by atoms with Crippen molar-refractivity contribution in [2.45, 2.75) is 64.0 Å². The molecule has 2 heterocycles. The van der Waals surface area contributed by atoms with E-state index in [2.05, 4.69) is 44.3 Å². The Morgan fingerprint density at radius 1 is 0.976 bits per heavy atom. The summed E-state index contributed by atoms with van der Waals surface area (Å²) in [6.07, 6.45) is 4.03. The monoisotopic (exact) mass is 559 g/mol. The van der Waals surface area contributed by atoms with Crippen molar-refractivity contribution in [2.75, 3.05) is 6.61 Å². The Hall–Kier alpha value is -4.03. The van der Waals surface area contributed by atoms with Crippen LogP contribution in [0.5, 0.6) is 5.75 Å². The number of hydrogen-bond acceptors (Lipinski definition) is 5. The molecule has 1 saturated carbocycles. The van der Waals surface area contributed by atoms with Crippen LogP contribution in [0.25, 0.3) is 32.8 Å². The molecule has 2 aliphatic rings. The number of ether oxygens (including phenoxy) is 1. The van der Waals surface area contributed by atoms with Crippen LogP contribution in [0.4, 0.5) is 0 Å². The van der Waals surface area contributed by atoms with Crippen molar-refractivity contribution in [1.82, 2.24) is 15.3 Å². The molecule has 5 aromatic rings. The molecule has 1 aromatic heterocycles. The molecule has 2 N–H and O–H groups in total. The molecule has 4 aromatic carbocycles. The zero-order valence-corrected chi connectivity index (χ0v) is 24.4. The van der Waals surface area contributed by atoms with Gasteiger partial charge in [0, 0.05) is 27.8 Å². The minimum absolute atomic E-state index is 0.143. The van der Waals surface area contributed by atoms with Gasteiger partial charge < -0.3 is 15.2 Å². The van der Waals surface area contributed by atoms with Gasteiger partial charge >= 0.3 is 0 Å². The number of carbonyl (C=O) groups excluding carboxylic acids is 1. The zero-order chi connectivity index (χ0) is 29.0. The third-order valence-corrected chi connectivity index (χ3v) is 9.47. The molecule has 0 bridgehead atoms. The van der Waals surface area contributed by atoms with Crippen LogP contribution in [0.2, 0.25) is 0 Å². The molecule has 214 valence electrons. The van der Waals surface area contributed by atoms with E-state index in [-0.39, 0.29) is 24.2 Å². The molecule has 1 aliphatic carbocycles. The summed E-state index contributed by atoms with van der Waals surface area (Å²) in [4.78, 5) is 23.7. The predicted molar refractivity (Wildman–Crippen MR) is 167 cm³/mol. The minimum atomic E-state index is -0.385. The third kappa shape index (κ3) is 4.58. The molecule has 1 fully saturated rings. The highest BCUT2D eigenvalue weighted by atomic mass is 16.5. The van der Waals surface area contributed by atoms with Crippen LogP contribution in [0.15, 0.2) is 72.8 Å². The average molecular weight is 560 g/mol. The summed E-state index contributed by atoms with van der Waals surface area (Å²) in [5.41, 5.74) is 5.69. The second kappa shape index (κ2) is 10.4. The second-order valence-electron chi connectivity index (χ2n) is 12.8. The second-order valence-corrected chi connectivity index (χ2v) is 12.8. The van der Waals surface area contributed by atoms with E-state index in [4.69, 9.17) is 14.7 Å². The lowest BCUT2D eigenvalue weighted by Gasteiger charge is -2.49. The highest BCUT2D eigenvalue weighted by Crippen LogP contribution is 2.56. The number of rotatable bonds is 5. The quantitative estimate of drug-likeness (QED) is 0.180. The minimum Gasteiger partial charge on any atom is -0.487 e. The predicted octanol–water partition coefficient (Wildman–Crippen LogP) is 6.96. The molecular weight excluding hydrogens is 522 g/mol. The van der Waals surface area contributed by atoms with Gasteiger partial charge in [0.2, 0.25) is 0 Å². The SMILES string of the molecule is CC1CCC2C(C1)c1c(c3ccccc3c3nc4cc(C(=O)NC(CO)Cc5ccccc5)ccc4nc13)OC2(C)C. The van der Waals surface area contributed by atoms with Gasteiger partial charge in [-0.2, -0.15) is 0 Å². The van der Waals surface area contributed by atoms with Crippen molar-refractivity contribution < 1.29 is 14.6 Å². The number of carbonyl (C=O) groups is 1. The van der Waals surface area contributed by atoms with E-state index in [9.17, 15) is 9.90 Å². The van der Waals surface area contributed by atoms with E-state index in [0.29, 0.717) is 35.3 Å². The van der Waals surface area contributed by atoms with E-state index >= 15 is 0 Å². The van der Waals surface area contributed by atoms with Crippen LogP contribution < -0.4 is 10.1 Å². The van der Waals surface area contributed by atoms with Gasteiger partial charge in [-0.15, -0.1) is 0 Å². The lowest BCUT2D eigenvalue weighted by Crippen LogP contribution is -2.46. The number of aromatic nitrogens is 2. The first-order valence-electron chi connectivity index (χ1n) is 15.1. The molecule has 6 heteroatoms. The molecule has 4 atom stereocenters. The summed E-state index contributed by atoms with van der Waals surface area (Å²) in [6.45, 7) is 6.69. The Morgan fingerprint density at radius 3 is 2.50 bits per heavy atom. The fourth-order valence-corrected chi connectivity index (χ4v) is 7.36. The van der Waals surface area contributed by atoms with E-state index < -0.39 is 0 Å². The molecular formula is C36H37N3O3. The van der Waals surface area contributed by atoms with E-state index in [0.717, 1.165) is 51.5 Å². The van der Waals surface area contributed by atoms with E-state index in [1.165, 1.54) is 12.0 Å². The maximum absolute atomic E-state index is 13.3. The van der Waals surface area contributed by atoms with E-state index in [1.54, 1.807) is 6.07 Å². The molecule has 6 nitrogen and oxygen atoms in total. The number of fused-ring (bicyclic) bond motifs is 9. The van der Waals surface area contributed by atoms with Gasteiger partial charge in [0.1, 0.15) is 11.4 Å². The highest BCUT2D eigenvalue weighted by Gasteiger charge is 2.47. The first-order chi connectivity index (χ1) is 20.3. The maximum atomic E-state index is 13.3. The first-order valence-corrected chi connectivity index (χ1v) is 15.1. The summed E-state index contributed by atoms with van der Waals surface area (Å²) in [7, 11) is 0. The van der Waals surface area contributed by atoms with Crippen molar-refractivity contribution in [3.05, 3.63) is 89.5 Å². The summed E-state index contributed by atoms with van der Waals surface area (Å²) < 4.78 is 6.86.